The van der Waals surface area contributed by atoms with Crippen molar-refractivity contribution >= 4 is 5.91 Å². The normalized spacial score (nSPS) is 18.2. The predicted molar refractivity (Wildman–Crippen MR) is 117 cm³/mol. The molecule has 2 aromatic rings. The van der Waals surface area contributed by atoms with Crippen LogP contribution >= 0.6 is 0 Å². The highest BCUT2D eigenvalue weighted by molar-refractivity contribution is 5.91. The number of furan rings is 1. The van der Waals surface area contributed by atoms with E-state index in [0.29, 0.717) is 18.6 Å². The maximum absolute atomic E-state index is 12.3. The topological polar surface area (TPSA) is 62.5 Å². The lowest BCUT2D eigenvalue weighted by Gasteiger charge is -2.42. The third-order valence-electron chi connectivity index (χ3n) is 6.61. The summed E-state index contributed by atoms with van der Waals surface area (Å²) in [6, 6.07) is 8.06. The zero-order chi connectivity index (χ0) is 21.4. The maximum Gasteiger partial charge on any atom is 0.287 e. The standard InChI is InChI=1S/C25H35NO3/c1-7-18(15-27)26-23(28)22-9-8-19(29-22)13-17-14-21-20(12-16(17)2)24(3,4)10-11-25(21,5)6/h8-9,12,14,18,27H,7,10-11,13,15H2,1-6H3,(H,26,28). The Morgan fingerprint density at radius 2 is 1.76 bits per heavy atom. The second-order valence-corrected chi connectivity index (χ2v) is 9.80. The molecule has 1 aromatic heterocycles. The molecule has 1 atom stereocenters. The van der Waals surface area contributed by atoms with Crippen molar-refractivity contribution in [2.24, 2.45) is 0 Å². The Hall–Kier alpha value is -2.07. The third-order valence-corrected chi connectivity index (χ3v) is 6.61. The zero-order valence-corrected chi connectivity index (χ0v) is 18.7. The molecule has 29 heavy (non-hydrogen) atoms. The van der Waals surface area contributed by atoms with E-state index in [-0.39, 0.29) is 29.4 Å². The monoisotopic (exact) mass is 397 g/mol. The van der Waals surface area contributed by atoms with Crippen LogP contribution in [-0.2, 0) is 17.3 Å². The molecule has 1 heterocycles. The van der Waals surface area contributed by atoms with Crippen LogP contribution in [-0.4, -0.2) is 23.7 Å². The van der Waals surface area contributed by atoms with Crippen LogP contribution in [0.5, 0.6) is 0 Å². The molecule has 1 aliphatic carbocycles. The summed E-state index contributed by atoms with van der Waals surface area (Å²) in [7, 11) is 0. The largest absolute Gasteiger partial charge is 0.456 e. The second kappa shape index (κ2) is 7.98. The molecule has 1 aromatic carbocycles. The van der Waals surface area contributed by atoms with Gasteiger partial charge in [0.15, 0.2) is 5.76 Å². The minimum atomic E-state index is -0.276. The fourth-order valence-corrected chi connectivity index (χ4v) is 4.27. The van der Waals surface area contributed by atoms with Crippen LogP contribution in [0.3, 0.4) is 0 Å². The van der Waals surface area contributed by atoms with E-state index in [1.165, 1.54) is 35.1 Å². The molecular formula is C25H35NO3. The van der Waals surface area contributed by atoms with Crippen LogP contribution in [0.4, 0.5) is 0 Å². The number of carbonyl (C=O) groups is 1. The quantitative estimate of drug-likeness (QED) is 0.719. The molecule has 4 nitrogen and oxygen atoms in total. The van der Waals surface area contributed by atoms with Crippen molar-refractivity contribution < 1.29 is 14.3 Å². The van der Waals surface area contributed by atoms with Gasteiger partial charge in [-0.15, -0.1) is 0 Å². The number of hydrogen-bond acceptors (Lipinski definition) is 3. The van der Waals surface area contributed by atoms with Crippen molar-refractivity contribution in [2.45, 2.75) is 84.1 Å². The van der Waals surface area contributed by atoms with Gasteiger partial charge < -0.3 is 14.8 Å². The van der Waals surface area contributed by atoms with E-state index in [1.54, 1.807) is 6.07 Å². The van der Waals surface area contributed by atoms with Gasteiger partial charge in [0.25, 0.3) is 5.91 Å². The summed E-state index contributed by atoms with van der Waals surface area (Å²) in [5.74, 6) is 0.800. The average molecular weight is 398 g/mol. The van der Waals surface area contributed by atoms with Gasteiger partial charge in [0.05, 0.1) is 12.6 Å². The minimum Gasteiger partial charge on any atom is -0.456 e. The summed E-state index contributed by atoms with van der Waals surface area (Å²) in [5.41, 5.74) is 5.78. The van der Waals surface area contributed by atoms with E-state index in [9.17, 15) is 9.90 Å². The first-order chi connectivity index (χ1) is 13.6. The van der Waals surface area contributed by atoms with Crippen LogP contribution in [0.2, 0.25) is 0 Å². The number of benzene rings is 1. The van der Waals surface area contributed by atoms with Crippen LogP contribution in [0, 0.1) is 6.92 Å². The maximum atomic E-state index is 12.3. The molecule has 0 radical (unpaired) electrons. The number of aryl methyl sites for hydroxylation is 1. The Morgan fingerprint density at radius 3 is 2.34 bits per heavy atom. The molecule has 0 spiro atoms. The number of nitrogens with one attached hydrogen (secondary N) is 1. The summed E-state index contributed by atoms with van der Waals surface area (Å²) in [6.45, 7) is 13.4. The fourth-order valence-electron chi connectivity index (χ4n) is 4.27. The van der Waals surface area contributed by atoms with Crippen LogP contribution in [0.1, 0.15) is 92.4 Å². The third kappa shape index (κ3) is 4.42. The molecule has 0 saturated carbocycles. The number of amides is 1. The molecular weight excluding hydrogens is 362 g/mol. The van der Waals surface area contributed by atoms with Crippen LogP contribution in [0.25, 0.3) is 0 Å². The zero-order valence-electron chi connectivity index (χ0n) is 18.7. The Balaban J connectivity index is 1.85. The van der Waals surface area contributed by atoms with Gasteiger partial charge in [-0.05, 0) is 71.4 Å². The Labute approximate surface area is 174 Å². The van der Waals surface area contributed by atoms with Gasteiger partial charge in [0.1, 0.15) is 5.76 Å². The summed E-state index contributed by atoms with van der Waals surface area (Å²) < 4.78 is 5.84. The number of aliphatic hydroxyl groups is 1. The molecule has 2 N–H and O–H groups in total. The summed E-state index contributed by atoms with van der Waals surface area (Å²) >= 11 is 0. The Kier molecular flexibility index (Phi) is 5.96. The van der Waals surface area contributed by atoms with Gasteiger partial charge in [0, 0.05) is 6.42 Å². The van der Waals surface area contributed by atoms with Gasteiger partial charge >= 0.3 is 0 Å². The molecule has 4 heteroatoms. The Morgan fingerprint density at radius 1 is 1.14 bits per heavy atom. The summed E-state index contributed by atoms with van der Waals surface area (Å²) in [5, 5.41) is 12.1. The molecule has 0 aliphatic heterocycles. The summed E-state index contributed by atoms with van der Waals surface area (Å²) in [4.78, 5) is 12.3. The van der Waals surface area contributed by atoms with Crippen molar-refractivity contribution in [3.63, 3.8) is 0 Å². The molecule has 0 saturated heterocycles. The highest BCUT2D eigenvalue weighted by atomic mass is 16.3. The molecule has 3 rings (SSSR count). The van der Waals surface area contributed by atoms with Crippen molar-refractivity contribution in [1.29, 1.82) is 0 Å². The minimum absolute atomic E-state index is 0.0732. The van der Waals surface area contributed by atoms with Gasteiger partial charge in [-0.3, -0.25) is 4.79 Å². The van der Waals surface area contributed by atoms with E-state index < -0.39 is 0 Å². The van der Waals surface area contributed by atoms with Crippen molar-refractivity contribution in [1.82, 2.24) is 5.32 Å². The van der Waals surface area contributed by atoms with Crippen molar-refractivity contribution in [2.75, 3.05) is 6.61 Å². The lowest BCUT2D eigenvalue weighted by atomic mass is 9.62. The number of fused-ring (bicyclic) bond motifs is 1. The highest BCUT2D eigenvalue weighted by Gasteiger charge is 2.37. The second-order valence-electron chi connectivity index (χ2n) is 9.80. The lowest BCUT2D eigenvalue weighted by Crippen LogP contribution is -2.36. The van der Waals surface area contributed by atoms with Crippen molar-refractivity contribution in [3.8, 4) is 0 Å². The number of hydrogen-bond donors (Lipinski definition) is 2. The van der Waals surface area contributed by atoms with Gasteiger partial charge in [-0.1, -0.05) is 46.8 Å². The average Bonchev–Trinajstić information content (AvgIpc) is 3.13. The summed E-state index contributed by atoms with van der Waals surface area (Å²) in [6.07, 6.45) is 3.73. The van der Waals surface area contributed by atoms with Crippen molar-refractivity contribution in [3.05, 3.63) is 58.0 Å². The van der Waals surface area contributed by atoms with Gasteiger partial charge in [-0.2, -0.15) is 0 Å². The van der Waals surface area contributed by atoms with Gasteiger partial charge in [0.2, 0.25) is 0 Å². The van der Waals surface area contributed by atoms with E-state index >= 15 is 0 Å². The number of carbonyl (C=O) groups excluding carboxylic acids is 1. The number of aliphatic hydroxyl groups excluding tert-OH is 1. The SMILES string of the molecule is CCC(CO)NC(=O)c1ccc(Cc2cc3c(cc2C)C(C)(C)CCC3(C)C)o1. The van der Waals surface area contributed by atoms with Crippen LogP contribution < -0.4 is 5.32 Å². The molecule has 1 unspecified atom stereocenters. The van der Waals surface area contributed by atoms with E-state index in [4.69, 9.17) is 4.42 Å². The lowest BCUT2D eigenvalue weighted by molar-refractivity contribution is 0.0885. The first-order valence-electron chi connectivity index (χ1n) is 10.7. The first kappa shape index (κ1) is 21.6. The highest BCUT2D eigenvalue weighted by Crippen LogP contribution is 2.46. The molecule has 0 bridgehead atoms. The van der Waals surface area contributed by atoms with E-state index in [2.05, 4.69) is 52.1 Å². The van der Waals surface area contributed by atoms with Crippen LogP contribution in [0.15, 0.2) is 28.7 Å². The smallest absolute Gasteiger partial charge is 0.287 e. The molecule has 158 valence electrons. The van der Waals surface area contributed by atoms with E-state index in [0.717, 1.165) is 5.76 Å². The predicted octanol–water partition coefficient (Wildman–Crippen LogP) is 5.03. The number of rotatable bonds is 6. The Bertz CT molecular complexity index is 887. The van der Waals surface area contributed by atoms with Gasteiger partial charge in [-0.25, -0.2) is 0 Å². The molecule has 1 aliphatic rings. The fraction of sp³-hybridized carbons (Fsp3) is 0.560. The van der Waals surface area contributed by atoms with E-state index in [1.807, 2.05) is 13.0 Å². The molecule has 1 amide bonds. The molecule has 0 fully saturated rings. The first-order valence-corrected chi connectivity index (χ1v) is 10.7.